The van der Waals surface area contributed by atoms with Gasteiger partial charge in [-0.2, -0.15) is 9.40 Å². The molecule has 1 aromatic carbocycles. The van der Waals surface area contributed by atoms with Gasteiger partial charge in [0.25, 0.3) is 0 Å². The van der Waals surface area contributed by atoms with E-state index in [1.807, 2.05) is 38.1 Å². The van der Waals surface area contributed by atoms with Crippen LogP contribution in [-0.4, -0.2) is 29.5 Å². The van der Waals surface area contributed by atoms with Gasteiger partial charge in [-0.05, 0) is 12.5 Å². The lowest BCUT2D eigenvalue weighted by Gasteiger charge is -2.19. The maximum Gasteiger partial charge on any atom is 0.246 e. The standard InChI is InChI=1S/C13H17N3O2S/c1-3-16(10-12-6-4-5-11(2)7-12)19(17,18)13-8-14-15-9-13/h4-9H,3,10H2,1-2H3,(H,14,15). The minimum absolute atomic E-state index is 0.196. The first kappa shape index (κ1) is 13.8. The predicted octanol–water partition coefficient (Wildman–Crippen LogP) is 1.93. The second-order valence-electron chi connectivity index (χ2n) is 4.35. The normalized spacial score (nSPS) is 11.9. The summed E-state index contributed by atoms with van der Waals surface area (Å²) in [5.74, 6) is 0. The molecule has 0 unspecified atom stereocenters. The van der Waals surface area contributed by atoms with E-state index in [2.05, 4.69) is 10.2 Å². The van der Waals surface area contributed by atoms with Gasteiger partial charge in [-0.3, -0.25) is 5.10 Å². The summed E-state index contributed by atoms with van der Waals surface area (Å²) in [6, 6.07) is 7.85. The van der Waals surface area contributed by atoms with Crippen molar-refractivity contribution in [3.05, 3.63) is 47.8 Å². The van der Waals surface area contributed by atoms with E-state index in [1.54, 1.807) is 0 Å². The Balaban J connectivity index is 2.26. The Morgan fingerprint density at radius 2 is 2.16 bits per heavy atom. The van der Waals surface area contributed by atoms with Gasteiger partial charge >= 0.3 is 0 Å². The summed E-state index contributed by atoms with van der Waals surface area (Å²) in [7, 11) is -3.48. The van der Waals surface area contributed by atoms with Crippen molar-refractivity contribution >= 4 is 10.0 Å². The van der Waals surface area contributed by atoms with Crippen molar-refractivity contribution in [2.24, 2.45) is 0 Å². The summed E-state index contributed by atoms with van der Waals surface area (Å²) >= 11 is 0. The fourth-order valence-electron chi connectivity index (χ4n) is 1.91. The molecule has 1 N–H and O–H groups in total. The molecule has 0 bridgehead atoms. The maximum atomic E-state index is 12.4. The molecule has 0 aliphatic heterocycles. The molecular formula is C13H17N3O2S. The van der Waals surface area contributed by atoms with Crippen LogP contribution in [0.4, 0.5) is 0 Å². The van der Waals surface area contributed by atoms with Gasteiger partial charge in [0.05, 0.1) is 6.20 Å². The van der Waals surface area contributed by atoms with Crippen molar-refractivity contribution in [3.63, 3.8) is 0 Å². The molecule has 0 atom stereocenters. The first-order valence-electron chi connectivity index (χ1n) is 6.08. The summed E-state index contributed by atoms with van der Waals surface area (Å²) in [5.41, 5.74) is 2.10. The number of benzene rings is 1. The number of hydrogen-bond donors (Lipinski definition) is 1. The van der Waals surface area contributed by atoms with Crippen molar-refractivity contribution in [3.8, 4) is 0 Å². The maximum absolute atomic E-state index is 12.4. The number of sulfonamides is 1. The number of H-pyrrole nitrogens is 1. The van der Waals surface area contributed by atoms with Crippen LogP contribution in [0.1, 0.15) is 18.1 Å². The number of rotatable bonds is 5. The van der Waals surface area contributed by atoms with E-state index in [9.17, 15) is 8.42 Å². The Morgan fingerprint density at radius 3 is 2.74 bits per heavy atom. The third-order valence-corrected chi connectivity index (χ3v) is 4.79. The van der Waals surface area contributed by atoms with Crippen molar-refractivity contribution in [1.29, 1.82) is 0 Å². The van der Waals surface area contributed by atoms with Crippen molar-refractivity contribution in [2.45, 2.75) is 25.3 Å². The molecule has 0 saturated heterocycles. The van der Waals surface area contributed by atoms with E-state index in [-0.39, 0.29) is 4.90 Å². The Bertz CT molecular complexity index is 636. The zero-order chi connectivity index (χ0) is 13.9. The highest BCUT2D eigenvalue weighted by Gasteiger charge is 2.24. The van der Waals surface area contributed by atoms with Crippen LogP contribution in [0.15, 0.2) is 41.6 Å². The SMILES string of the molecule is CCN(Cc1cccc(C)c1)S(=O)(=O)c1cn[nH]c1. The molecule has 6 heteroatoms. The molecule has 0 amide bonds. The van der Waals surface area contributed by atoms with E-state index in [0.29, 0.717) is 13.1 Å². The van der Waals surface area contributed by atoms with Gasteiger partial charge in [-0.15, -0.1) is 0 Å². The zero-order valence-corrected chi connectivity index (χ0v) is 11.8. The lowest BCUT2D eigenvalue weighted by molar-refractivity contribution is 0.423. The predicted molar refractivity (Wildman–Crippen MR) is 73.0 cm³/mol. The highest BCUT2D eigenvalue weighted by atomic mass is 32.2. The van der Waals surface area contributed by atoms with Crippen LogP contribution in [0.25, 0.3) is 0 Å². The summed E-state index contributed by atoms with van der Waals surface area (Å²) in [6.07, 6.45) is 2.72. The minimum atomic E-state index is -3.48. The highest BCUT2D eigenvalue weighted by Crippen LogP contribution is 2.17. The van der Waals surface area contributed by atoms with E-state index in [4.69, 9.17) is 0 Å². The van der Waals surface area contributed by atoms with Gasteiger partial charge in [0.15, 0.2) is 0 Å². The largest absolute Gasteiger partial charge is 0.284 e. The number of nitrogens with zero attached hydrogens (tertiary/aromatic N) is 2. The lowest BCUT2D eigenvalue weighted by atomic mass is 10.1. The summed E-state index contributed by atoms with van der Waals surface area (Å²) in [4.78, 5) is 0.196. The molecule has 0 radical (unpaired) electrons. The lowest BCUT2D eigenvalue weighted by Crippen LogP contribution is -2.30. The summed E-state index contributed by atoms with van der Waals surface area (Å²) in [6.45, 7) is 4.60. The van der Waals surface area contributed by atoms with Crippen molar-refractivity contribution < 1.29 is 8.42 Å². The van der Waals surface area contributed by atoms with Crippen LogP contribution in [0.2, 0.25) is 0 Å². The van der Waals surface area contributed by atoms with Gasteiger partial charge in [0, 0.05) is 19.3 Å². The molecule has 5 nitrogen and oxygen atoms in total. The second-order valence-corrected chi connectivity index (χ2v) is 6.29. The highest BCUT2D eigenvalue weighted by molar-refractivity contribution is 7.89. The first-order chi connectivity index (χ1) is 9.04. The second kappa shape index (κ2) is 5.54. The van der Waals surface area contributed by atoms with Gasteiger partial charge in [0.2, 0.25) is 10.0 Å². The Kier molecular flexibility index (Phi) is 4.01. The zero-order valence-electron chi connectivity index (χ0n) is 11.0. The molecular weight excluding hydrogens is 262 g/mol. The molecule has 19 heavy (non-hydrogen) atoms. The summed E-state index contributed by atoms with van der Waals surface area (Å²) < 4.78 is 26.2. The van der Waals surface area contributed by atoms with Gasteiger partial charge in [0.1, 0.15) is 4.90 Å². The number of aromatic nitrogens is 2. The molecule has 1 heterocycles. The van der Waals surface area contributed by atoms with Gasteiger partial charge in [-0.25, -0.2) is 8.42 Å². The molecule has 0 fully saturated rings. The molecule has 0 saturated carbocycles. The van der Waals surface area contributed by atoms with E-state index >= 15 is 0 Å². The number of aryl methyl sites for hydroxylation is 1. The van der Waals surface area contributed by atoms with Crippen molar-refractivity contribution in [1.82, 2.24) is 14.5 Å². The van der Waals surface area contributed by atoms with Gasteiger partial charge < -0.3 is 0 Å². The number of hydrogen-bond acceptors (Lipinski definition) is 3. The molecule has 0 aliphatic rings. The fraction of sp³-hybridized carbons (Fsp3) is 0.308. The van der Waals surface area contributed by atoms with Crippen LogP contribution < -0.4 is 0 Å². The van der Waals surface area contributed by atoms with E-state index in [1.165, 1.54) is 16.7 Å². The Labute approximate surface area is 113 Å². The third kappa shape index (κ3) is 3.02. The van der Waals surface area contributed by atoms with Crippen LogP contribution in [0.5, 0.6) is 0 Å². The third-order valence-electron chi connectivity index (χ3n) is 2.91. The molecule has 1 aromatic heterocycles. The first-order valence-corrected chi connectivity index (χ1v) is 7.52. The monoisotopic (exact) mass is 279 g/mol. The average molecular weight is 279 g/mol. The topological polar surface area (TPSA) is 66.1 Å². The van der Waals surface area contributed by atoms with Gasteiger partial charge in [-0.1, -0.05) is 36.8 Å². The van der Waals surface area contributed by atoms with Crippen LogP contribution in [0.3, 0.4) is 0 Å². The quantitative estimate of drug-likeness (QED) is 0.909. The number of aromatic amines is 1. The van der Waals surface area contributed by atoms with Crippen molar-refractivity contribution in [2.75, 3.05) is 6.54 Å². The number of nitrogens with one attached hydrogen (secondary N) is 1. The summed E-state index contributed by atoms with van der Waals surface area (Å²) in [5, 5.41) is 6.23. The molecule has 102 valence electrons. The molecule has 0 aliphatic carbocycles. The molecule has 0 spiro atoms. The Hall–Kier alpha value is -1.66. The fourth-order valence-corrected chi connectivity index (χ4v) is 3.25. The van der Waals surface area contributed by atoms with E-state index in [0.717, 1.165) is 11.1 Å². The smallest absolute Gasteiger partial charge is 0.246 e. The average Bonchev–Trinajstić information content (AvgIpc) is 2.90. The van der Waals surface area contributed by atoms with Crippen LogP contribution in [0, 0.1) is 6.92 Å². The van der Waals surface area contributed by atoms with Crippen LogP contribution >= 0.6 is 0 Å². The Morgan fingerprint density at radius 1 is 1.37 bits per heavy atom. The molecule has 2 rings (SSSR count). The molecule has 2 aromatic rings. The van der Waals surface area contributed by atoms with E-state index < -0.39 is 10.0 Å². The minimum Gasteiger partial charge on any atom is -0.284 e. The van der Waals surface area contributed by atoms with Crippen LogP contribution in [-0.2, 0) is 16.6 Å².